The molecule has 0 aliphatic carbocycles. The fourth-order valence-corrected chi connectivity index (χ4v) is 1.90. The van der Waals surface area contributed by atoms with Gasteiger partial charge in [0, 0.05) is 11.5 Å². The zero-order valence-electron chi connectivity index (χ0n) is 10.3. The van der Waals surface area contributed by atoms with Crippen LogP contribution in [-0.4, -0.2) is 20.8 Å². The molecule has 0 saturated carbocycles. The molecule has 2 aromatic heterocycles. The average Bonchev–Trinajstić information content (AvgIpc) is 2.97. The van der Waals surface area contributed by atoms with Crippen molar-refractivity contribution in [3.63, 3.8) is 0 Å². The molecule has 1 aromatic carbocycles. The van der Waals surface area contributed by atoms with E-state index in [0.717, 1.165) is 10.9 Å². The number of carbonyl (C=O) groups excluding carboxylic acids is 1. The monoisotopic (exact) mass is 256 g/mol. The minimum absolute atomic E-state index is 0.138. The van der Waals surface area contributed by atoms with Crippen LogP contribution in [0.1, 0.15) is 5.76 Å². The number of amides is 1. The Kier molecular flexibility index (Phi) is 2.75. The third kappa shape index (κ3) is 2.33. The van der Waals surface area contributed by atoms with Gasteiger partial charge in [-0.15, -0.1) is 0 Å². The van der Waals surface area contributed by atoms with Gasteiger partial charge in [-0.3, -0.25) is 9.48 Å². The largest absolute Gasteiger partial charge is 0.360 e. The highest BCUT2D eigenvalue weighted by atomic mass is 16.5. The molecule has 3 aromatic rings. The first-order valence-corrected chi connectivity index (χ1v) is 5.86. The summed E-state index contributed by atoms with van der Waals surface area (Å²) < 4.78 is 6.53. The third-order valence-corrected chi connectivity index (χ3v) is 2.74. The molecule has 0 radical (unpaired) electrons. The maximum atomic E-state index is 11.9. The summed E-state index contributed by atoms with van der Waals surface area (Å²) in [5.41, 5.74) is 0.925. The zero-order valence-corrected chi connectivity index (χ0v) is 10.3. The summed E-state index contributed by atoms with van der Waals surface area (Å²) in [6.07, 6.45) is 1.74. The number of hydrogen-bond donors (Lipinski definition) is 1. The number of anilines is 1. The molecule has 0 bridgehead atoms. The normalized spacial score (nSPS) is 10.8. The van der Waals surface area contributed by atoms with E-state index in [1.807, 2.05) is 24.3 Å². The van der Waals surface area contributed by atoms with Crippen LogP contribution in [0.5, 0.6) is 0 Å². The summed E-state index contributed by atoms with van der Waals surface area (Å²) in [7, 11) is 0. The molecule has 0 aliphatic heterocycles. The van der Waals surface area contributed by atoms with Crippen molar-refractivity contribution in [2.75, 3.05) is 5.32 Å². The Hall–Kier alpha value is -2.63. The molecule has 96 valence electrons. The number of rotatable bonds is 3. The minimum atomic E-state index is -0.192. The SMILES string of the molecule is Cc1cc(NC(=O)Cn2ncc3ccccc32)no1. The van der Waals surface area contributed by atoms with Crippen LogP contribution in [-0.2, 0) is 11.3 Å². The van der Waals surface area contributed by atoms with Gasteiger partial charge < -0.3 is 9.84 Å². The molecule has 0 saturated heterocycles. The Bertz CT molecular complexity index is 729. The first-order valence-electron chi connectivity index (χ1n) is 5.86. The molecule has 3 rings (SSSR count). The van der Waals surface area contributed by atoms with Gasteiger partial charge in [0.1, 0.15) is 12.3 Å². The fraction of sp³-hybridized carbons (Fsp3) is 0.154. The Morgan fingerprint density at radius 1 is 1.42 bits per heavy atom. The third-order valence-electron chi connectivity index (χ3n) is 2.74. The smallest absolute Gasteiger partial charge is 0.247 e. The van der Waals surface area contributed by atoms with Gasteiger partial charge in [0.05, 0.1) is 11.7 Å². The van der Waals surface area contributed by atoms with Crippen molar-refractivity contribution in [3.05, 3.63) is 42.3 Å². The lowest BCUT2D eigenvalue weighted by molar-refractivity contribution is -0.116. The van der Waals surface area contributed by atoms with Crippen LogP contribution in [0.3, 0.4) is 0 Å². The second-order valence-electron chi connectivity index (χ2n) is 4.23. The van der Waals surface area contributed by atoms with E-state index in [1.165, 1.54) is 0 Å². The Labute approximate surface area is 109 Å². The van der Waals surface area contributed by atoms with Gasteiger partial charge in [-0.2, -0.15) is 5.10 Å². The second kappa shape index (κ2) is 4.56. The van der Waals surface area contributed by atoms with Crippen LogP contribution in [0.4, 0.5) is 5.82 Å². The summed E-state index contributed by atoms with van der Waals surface area (Å²) in [5, 5.41) is 11.6. The number of aryl methyl sites for hydroxylation is 1. The lowest BCUT2D eigenvalue weighted by atomic mass is 10.2. The van der Waals surface area contributed by atoms with Crippen molar-refractivity contribution in [3.8, 4) is 0 Å². The second-order valence-corrected chi connectivity index (χ2v) is 4.23. The topological polar surface area (TPSA) is 73.0 Å². The maximum Gasteiger partial charge on any atom is 0.247 e. The van der Waals surface area contributed by atoms with Crippen molar-refractivity contribution in [2.45, 2.75) is 13.5 Å². The van der Waals surface area contributed by atoms with Crippen LogP contribution in [0, 0.1) is 6.92 Å². The number of nitrogens with zero attached hydrogens (tertiary/aromatic N) is 3. The molecule has 1 N–H and O–H groups in total. The van der Waals surface area contributed by atoms with Gasteiger partial charge in [0.15, 0.2) is 5.82 Å². The molecular formula is C13H12N4O2. The van der Waals surface area contributed by atoms with Crippen molar-refractivity contribution < 1.29 is 9.32 Å². The molecule has 0 spiro atoms. The summed E-state index contributed by atoms with van der Waals surface area (Å²) in [6, 6.07) is 9.40. The summed E-state index contributed by atoms with van der Waals surface area (Å²) in [6.45, 7) is 1.91. The molecule has 19 heavy (non-hydrogen) atoms. The molecule has 1 amide bonds. The van der Waals surface area contributed by atoms with E-state index < -0.39 is 0 Å². The fourth-order valence-electron chi connectivity index (χ4n) is 1.90. The van der Waals surface area contributed by atoms with Crippen LogP contribution in [0.25, 0.3) is 10.9 Å². The van der Waals surface area contributed by atoms with E-state index in [4.69, 9.17) is 4.52 Å². The zero-order chi connectivity index (χ0) is 13.2. The number of fused-ring (bicyclic) bond motifs is 1. The highest BCUT2D eigenvalue weighted by Gasteiger charge is 2.09. The first-order chi connectivity index (χ1) is 9.22. The molecule has 0 aliphatic rings. The Morgan fingerprint density at radius 2 is 2.26 bits per heavy atom. The standard InChI is InChI=1S/C13H12N4O2/c1-9-6-12(16-19-9)15-13(18)8-17-11-5-3-2-4-10(11)7-14-17/h2-7H,8H2,1H3,(H,15,16,18). The van der Waals surface area contributed by atoms with Crippen LogP contribution in [0.2, 0.25) is 0 Å². The molecule has 6 heteroatoms. The molecule has 0 fully saturated rings. The van der Waals surface area contributed by atoms with Gasteiger partial charge >= 0.3 is 0 Å². The lowest BCUT2D eigenvalue weighted by Gasteiger charge is -2.03. The van der Waals surface area contributed by atoms with Gasteiger partial charge in [-0.1, -0.05) is 23.4 Å². The van der Waals surface area contributed by atoms with E-state index in [9.17, 15) is 4.79 Å². The summed E-state index contributed by atoms with van der Waals surface area (Å²) >= 11 is 0. The van der Waals surface area contributed by atoms with E-state index in [2.05, 4.69) is 15.6 Å². The molecular weight excluding hydrogens is 244 g/mol. The quantitative estimate of drug-likeness (QED) is 0.777. The summed E-state index contributed by atoms with van der Waals surface area (Å²) in [4.78, 5) is 11.9. The van der Waals surface area contributed by atoms with Crippen molar-refractivity contribution in [2.24, 2.45) is 0 Å². The van der Waals surface area contributed by atoms with E-state index in [-0.39, 0.29) is 12.5 Å². The predicted molar refractivity (Wildman–Crippen MR) is 69.6 cm³/mol. The molecule has 0 unspecified atom stereocenters. The Balaban J connectivity index is 1.76. The number of benzene rings is 1. The Morgan fingerprint density at radius 3 is 3.05 bits per heavy atom. The number of aromatic nitrogens is 3. The molecule has 0 atom stereocenters. The maximum absolute atomic E-state index is 11.9. The van der Waals surface area contributed by atoms with Gasteiger partial charge in [0.25, 0.3) is 0 Å². The highest BCUT2D eigenvalue weighted by molar-refractivity contribution is 5.90. The lowest BCUT2D eigenvalue weighted by Crippen LogP contribution is -2.19. The number of nitrogens with one attached hydrogen (secondary N) is 1. The van der Waals surface area contributed by atoms with E-state index in [0.29, 0.717) is 11.6 Å². The van der Waals surface area contributed by atoms with Crippen LogP contribution >= 0.6 is 0 Å². The predicted octanol–water partition coefficient (Wildman–Crippen LogP) is 1.97. The van der Waals surface area contributed by atoms with Gasteiger partial charge in [-0.25, -0.2) is 0 Å². The number of hydrogen-bond acceptors (Lipinski definition) is 4. The minimum Gasteiger partial charge on any atom is -0.360 e. The number of para-hydroxylation sites is 1. The van der Waals surface area contributed by atoms with E-state index >= 15 is 0 Å². The summed E-state index contributed by atoms with van der Waals surface area (Å²) in [5.74, 6) is 0.876. The van der Waals surface area contributed by atoms with Gasteiger partial charge in [0.2, 0.25) is 5.91 Å². The van der Waals surface area contributed by atoms with Crippen molar-refractivity contribution in [1.82, 2.24) is 14.9 Å². The van der Waals surface area contributed by atoms with E-state index in [1.54, 1.807) is 23.9 Å². The average molecular weight is 256 g/mol. The first kappa shape index (κ1) is 11.5. The van der Waals surface area contributed by atoms with Crippen molar-refractivity contribution >= 4 is 22.6 Å². The van der Waals surface area contributed by atoms with Crippen LogP contribution < -0.4 is 5.32 Å². The van der Waals surface area contributed by atoms with Gasteiger partial charge in [-0.05, 0) is 13.0 Å². The molecule has 2 heterocycles. The highest BCUT2D eigenvalue weighted by Crippen LogP contribution is 2.13. The molecule has 6 nitrogen and oxygen atoms in total. The van der Waals surface area contributed by atoms with Crippen LogP contribution in [0.15, 0.2) is 41.1 Å². The number of carbonyl (C=O) groups is 1. The van der Waals surface area contributed by atoms with Crippen molar-refractivity contribution in [1.29, 1.82) is 0 Å².